The molecule has 0 bridgehead atoms. The van der Waals surface area contributed by atoms with Crippen LogP contribution in [-0.4, -0.2) is 48.1 Å². The Balaban J connectivity index is 0.992. The van der Waals surface area contributed by atoms with Crippen LogP contribution in [0.1, 0.15) is 163 Å². The van der Waals surface area contributed by atoms with Crippen LogP contribution in [0.2, 0.25) is 0 Å². The molecule has 0 unspecified atom stereocenters. The third kappa shape index (κ3) is 7.06. The van der Waals surface area contributed by atoms with Gasteiger partial charge in [-0.1, -0.05) is 89.3 Å². The van der Waals surface area contributed by atoms with Gasteiger partial charge in [0.2, 0.25) is 0 Å². The Labute approximate surface area is 363 Å². The summed E-state index contributed by atoms with van der Waals surface area (Å²) >= 11 is 0. The predicted octanol–water partition coefficient (Wildman–Crippen LogP) is 12.4. The molecule has 5 nitrogen and oxygen atoms in total. The van der Waals surface area contributed by atoms with Crippen LogP contribution in [0.25, 0.3) is 0 Å². The maximum atomic E-state index is 14.8. The van der Waals surface area contributed by atoms with E-state index in [2.05, 4.69) is 72.5 Å². The first-order valence-corrected chi connectivity index (χ1v) is 24.2. The van der Waals surface area contributed by atoms with E-state index in [1.807, 2.05) is 37.4 Å². The molecule has 6 heteroatoms. The van der Waals surface area contributed by atoms with E-state index in [0.717, 1.165) is 57.1 Å². The van der Waals surface area contributed by atoms with Crippen LogP contribution < -0.4 is 5.32 Å². The molecule has 8 rings (SSSR count). The molecular weight excluding hydrogens is 746 g/mol. The summed E-state index contributed by atoms with van der Waals surface area (Å²) in [4.78, 5) is 13.4. The quantitative estimate of drug-likeness (QED) is 0.172. The molecule has 2 N–H and O–H groups in total. The van der Waals surface area contributed by atoms with Crippen molar-refractivity contribution in [3.05, 3.63) is 71.3 Å². The number of rotatable bonds is 11. The molecule has 5 fully saturated rings. The molecule has 0 amide bonds. The van der Waals surface area contributed by atoms with Gasteiger partial charge >= 0.3 is 5.97 Å². The molecular formula is C54H80FNO4. The highest BCUT2D eigenvalue weighted by Crippen LogP contribution is 2.76. The molecule has 0 heterocycles. The summed E-state index contributed by atoms with van der Waals surface area (Å²) in [5, 5.41) is 16.0. The summed E-state index contributed by atoms with van der Waals surface area (Å²) in [6.45, 7) is 22.6. The Hall–Kier alpha value is -2.28. The number of hydrogen-bond donors (Lipinski definition) is 2. The van der Waals surface area contributed by atoms with Crippen LogP contribution >= 0.6 is 0 Å². The van der Waals surface area contributed by atoms with Crippen LogP contribution in [0, 0.1) is 56.7 Å². The lowest BCUT2D eigenvalue weighted by atomic mass is 9.33. The van der Waals surface area contributed by atoms with Crippen molar-refractivity contribution in [1.82, 2.24) is 5.32 Å². The largest absolute Gasteiger partial charge is 0.460 e. The van der Waals surface area contributed by atoms with Crippen LogP contribution in [0.4, 0.5) is 4.39 Å². The molecule has 0 radical (unpaired) electrons. The molecule has 0 spiro atoms. The number of nitrogens with one attached hydrogen (secondary N) is 1. The minimum absolute atomic E-state index is 0.00578. The molecule has 60 heavy (non-hydrogen) atoms. The normalized spacial score (nSPS) is 44.6. The van der Waals surface area contributed by atoms with Crippen LogP contribution in [0.3, 0.4) is 0 Å². The fourth-order valence-electron chi connectivity index (χ4n) is 16.2. The van der Waals surface area contributed by atoms with Crippen LogP contribution in [-0.2, 0) is 20.9 Å². The summed E-state index contributed by atoms with van der Waals surface area (Å²) in [6, 6.07) is 9.70. The van der Waals surface area contributed by atoms with E-state index in [1.54, 1.807) is 0 Å². The Morgan fingerprint density at radius 3 is 2.23 bits per heavy atom. The standard InChI is InChI=1S/C54H80FNO4/c1-37(2)40-19-26-54(56-34-33-53(58)30-27-48(5,59-9)28-31-53)32-29-50(7)42(45(40)54)15-16-44-49(6)22-20-41(47(3,4)43(49)21-23-51(44,50)8)39-17-24-52(36-55,25-18-39)46(57)60-35-38-13-11-10-12-14-38/h10-14,17,20,40,42-45,56,58H,1,15-16,18-19,21-36H2,2-9H3/t40-,42+,43-,44+,45+,48-,49-,50+,51+,52-,53-,54-/m0/s1. The van der Waals surface area contributed by atoms with Gasteiger partial charge in [-0.25, -0.2) is 4.39 Å². The number of halogens is 1. The highest BCUT2D eigenvalue weighted by atomic mass is 19.1. The van der Waals surface area contributed by atoms with Gasteiger partial charge in [0, 0.05) is 12.6 Å². The van der Waals surface area contributed by atoms with Crippen molar-refractivity contribution >= 4 is 5.97 Å². The Kier molecular flexibility index (Phi) is 11.6. The number of methoxy groups -OCH3 is 1. The zero-order chi connectivity index (χ0) is 43.0. The van der Waals surface area contributed by atoms with Gasteiger partial charge in [-0.15, -0.1) is 0 Å². The number of alkyl halides is 1. The van der Waals surface area contributed by atoms with Gasteiger partial charge in [-0.05, 0) is 198 Å². The lowest BCUT2D eigenvalue weighted by Gasteiger charge is -2.72. The fraction of sp³-hybridized carbons (Fsp3) is 0.759. The third-order valence-corrected chi connectivity index (χ3v) is 20.3. The van der Waals surface area contributed by atoms with E-state index in [4.69, 9.17) is 9.47 Å². The van der Waals surface area contributed by atoms with Crippen molar-refractivity contribution in [3.8, 4) is 0 Å². The van der Waals surface area contributed by atoms with Gasteiger partial charge in [-0.2, -0.15) is 0 Å². The molecule has 7 aliphatic rings. The third-order valence-electron chi connectivity index (χ3n) is 20.3. The SMILES string of the molecule is C=C(C)[C@@H]1CC[C@]2(NCC[C@]3(O)CC[C@](C)(OC)CC3)CC[C@]3(C)[C@H](CC[C@@H]4[C@@]5(C)CC=C(C6=CC[C@](CF)(C(=O)OCc7ccccc7)CC6)C(C)(C)[C@@H]5CC[C@]43C)[C@@H]12. The van der Waals surface area contributed by atoms with Gasteiger partial charge in [0.25, 0.3) is 0 Å². The second-order valence-electron chi connectivity index (χ2n) is 23.3. The Bertz CT molecular complexity index is 1840. The molecule has 1 aromatic rings. The molecule has 0 aromatic heterocycles. The average Bonchev–Trinajstić information content (AvgIpc) is 3.62. The maximum absolute atomic E-state index is 14.8. The lowest BCUT2D eigenvalue weighted by molar-refractivity contribution is -0.221. The van der Waals surface area contributed by atoms with Gasteiger partial charge in [0.1, 0.15) is 13.3 Å². The van der Waals surface area contributed by atoms with E-state index < -0.39 is 23.7 Å². The minimum atomic E-state index is -1.09. The summed E-state index contributed by atoms with van der Waals surface area (Å²) in [5.41, 5.74) is 4.13. The van der Waals surface area contributed by atoms with Gasteiger partial charge in [0.15, 0.2) is 0 Å². The Morgan fingerprint density at radius 1 is 0.850 bits per heavy atom. The monoisotopic (exact) mass is 826 g/mol. The van der Waals surface area contributed by atoms with E-state index in [9.17, 15) is 14.3 Å². The van der Waals surface area contributed by atoms with Crippen molar-refractivity contribution in [3.63, 3.8) is 0 Å². The summed E-state index contributed by atoms with van der Waals surface area (Å²) in [6.07, 6.45) is 21.9. The molecule has 5 saturated carbocycles. The second kappa shape index (κ2) is 15.8. The topological polar surface area (TPSA) is 67.8 Å². The first-order valence-electron chi connectivity index (χ1n) is 24.2. The molecule has 0 aliphatic heterocycles. The lowest BCUT2D eigenvalue weighted by Crippen LogP contribution is -2.68. The molecule has 332 valence electrons. The number of carbonyl (C=O) groups excluding carboxylic acids is 1. The number of carbonyl (C=O) groups is 1. The molecule has 1 aromatic carbocycles. The van der Waals surface area contributed by atoms with E-state index in [-0.39, 0.29) is 39.4 Å². The highest BCUT2D eigenvalue weighted by molar-refractivity contribution is 5.78. The van der Waals surface area contributed by atoms with Crippen molar-refractivity contribution in [1.29, 1.82) is 0 Å². The van der Waals surface area contributed by atoms with Crippen LogP contribution in [0.5, 0.6) is 0 Å². The highest BCUT2D eigenvalue weighted by Gasteiger charge is 2.70. The maximum Gasteiger partial charge on any atom is 0.315 e. The van der Waals surface area contributed by atoms with Crippen molar-refractivity contribution in [2.45, 2.75) is 181 Å². The first kappa shape index (κ1) is 44.3. The predicted molar refractivity (Wildman–Crippen MR) is 241 cm³/mol. The number of benzene rings is 1. The molecule has 7 aliphatic carbocycles. The smallest absolute Gasteiger partial charge is 0.315 e. The van der Waals surface area contributed by atoms with Crippen LogP contribution in [0.15, 0.2) is 65.8 Å². The van der Waals surface area contributed by atoms with Crippen molar-refractivity contribution < 1.29 is 23.8 Å². The van der Waals surface area contributed by atoms with Gasteiger partial charge in [0.05, 0.1) is 16.6 Å². The first-order chi connectivity index (χ1) is 28.3. The average molecular weight is 826 g/mol. The number of ether oxygens (including phenoxy) is 2. The van der Waals surface area contributed by atoms with Gasteiger partial charge < -0.3 is 19.9 Å². The number of allylic oxidation sites excluding steroid dienone is 5. The number of esters is 1. The fourth-order valence-corrected chi connectivity index (χ4v) is 16.2. The zero-order valence-corrected chi connectivity index (χ0v) is 38.8. The van der Waals surface area contributed by atoms with Crippen molar-refractivity contribution in [2.75, 3.05) is 20.3 Å². The summed E-state index contributed by atoms with van der Waals surface area (Å²) < 4.78 is 26.3. The van der Waals surface area contributed by atoms with E-state index >= 15 is 0 Å². The Morgan fingerprint density at radius 2 is 1.58 bits per heavy atom. The second-order valence-corrected chi connectivity index (χ2v) is 23.3. The van der Waals surface area contributed by atoms with Crippen molar-refractivity contribution in [2.24, 2.45) is 56.7 Å². The summed E-state index contributed by atoms with van der Waals surface area (Å²) in [7, 11) is 1.82. The zero-order valence-electron chi connectivity index (χ0n) is 38.8. The minimum Gasteiger partial charge on any atom is -0.460 e. The van der Waals surface area contributed by atoms with E-state index in [1.165, 1.54) is 68.1 Å². The number of hydrogen-bond acceptors (Lipinski definition) is 5. The molecule has 0 saturated heterocycles. The number of aliphatic hydroxyl groups is 1. The van der Waals surface area contributed by atoms with Gasteiger partial charge in [-0.3, -0.25) is 4.79 Å². The van der Waals surface area contributed by atoms with E-state index in [0.29, 0.717) is 42.4 Å². The summed E-state index contributed by atoms with van der Waals surface area (Å²) in [5.74, 6) is 2.63. The number of fused-ring (bicyclic) bond motifs is 7. The molecule has 10 atom stereocenters.